The van der Waals surface area contributed by atoms with Crippen LogP contribution in [0, 0.1) is 5.82 Å². The van der Waals surface area contributed by atoms with E-state index in [1.165, 1.54) is 37.1 Å². The normalized spacial score (nSPS) is 15.3. The van der Waals surface area contributed by atoms with Gasteiger partial charge in [0.25, 0.3) is 5.91 Å². The number of rotatable bonds is 8. The van der Waals surface area contributed by atoms with Crippen LogP contribution in [0.4, 0.5) is 4.39 Å². The first-order valence-corrected chi connectivity index (χ1v) is 9.19. The van der Waals surface area contributed by atoms with Crippen LogP contribution < -0.4 is 14.8 Å². The van der Waals surface area contributed by atoms with Crippen molar-refractivity contribution in [2.24, 2.45) is 0 Å². The van der Waals surface area contributed by atoms with E-state index in [1.54, 1.807) is 7.11 Å². The topological polar surface area (TPSA) is 50.8 Å². The third-order valence-electron chi connectivity index (χ3n) is 4.76. The molecule has 1 aliphatic rings. The lowest BCUT2D eigenvalue weighted by molar-refractivity contribution is -0.123. The molecule has 1 N–H and O–H groups in total. The van der Waals surface area contributed by atoms with Gasteiger partial charge in [-0.1, -0.05) is 12.1 Å². The summed E-state index contributed by atoms with van der Waals surface area (Å²) in [7, 11) is 1.65. The van der Waals surface area contributed by atoms with Crippen LogP contribution in [0.25, 0.3) is 0 Å². The molecule has 6 heteroatoms. The average Bonchev–Trinajstić information content (AvgIpc) is 3.23. The third kappa shape index (κ3) is 5.44. The molecule has 144 valence electrons. The van der Waals surface area contributed by atoms with E-state index in [4.69, 9.17) is 9.47 Å². The molecule has 0 aliphatic carbocycles. The molecule has 1 heterocycles. The van der Waals surface area contributed by atoms with Gasteiger partial charge in [-0.3, -0.25) is 9.69 Å². The summed E-state index contributed by atoms with van der Waals surface area (Å²) < 4.78 is 23.5. The van der Waals surface area contributed by atoms with E-state index in [0.29, 0.717) is 12.3 Å². The van der Waals surface area contributed by atoms with Crippen molar-refractivity contribution in [3.8, 4) is 11.5 Å². The zero-order valence-electron chi connectivity index (χ0n) is 15.5. The van der Waals surface area contributed by atoms with Gasteiger partial charge in [0, 0.05) is 6.54 Å². The molecule has 3 rings (SSSR count). The molecule has 0 bridgehead atoms. The zero-order valence-corrected chi connectivity index (χ0v) is 15.5. The highest BCUT2D eigenvalue weighted by atomic mass is 19.1. The second kappa shape index (κ2) is 9.37. The van der Waals surface area contributed by atoms with Crippen molar-refractivity contribution in [1.29, 1.82) is 0 Å². The smallest absolute Gasteiger partial charge is 0.258 e. The van der Waals surface area contributed by atoms with Crippen LogP contribution in [0.2, 0.25) is 0 Å². The van der Waals surface area contributed by atoms with E-state index < -0.39 is 0 Å². The molecule has 27 heavy (non-hydrogen) atoms. The molecule has 0 aromatic heterocycles. The lowest BCUT2D eigenvalue weighted by Gasteiger charge is -2.28. The highest BCUT2D eigenvalue weighted by molar-refractivity contribution is 5.77. The Morgan fingerprint density at radius 1 is 1.07 bits per heavy atom. The standard InChI is InChI=1S/C21H25FN2O3/c1-26-18-8-4-16(5-9-18)20(24-12-2-3-13-24)14-23-21(25)15-27-19-10-6-17(22)7-11-19/h4-11,20H,2-3,12-15H2,1H3,(H,23,25). The average molecular weight is 372 g/mol. The van der Waals surface area contributed by atoms with Crippen molar-refractivity contribution in [3.63, 3.8) is 0 Å². The molecule has 1 saturated heterocycles. The van der Waals surface area contributed by atoms with Crippen molar-refractivity contribution in [3.05, 3.63) is 59.9 Å². The van der Waals surface area contributed by atoms with Crippen LogP contribution in [-0.4, -0.2) is 44.2 Å². The summed E-state index contributed by atoms with van der Waals surface area (Å²) in [5.74, 6) is 0.755. The summed E-state index contributed by atoms with van der Waals surface area (Å²) in [4.78, 5) is 14.6. The number of benzene rings is 2. The Hall–Kier alpha value is -2.60. The van der Waals surface area contributed by atoms with Crippen LogP contribution in [0.15, 0.2) is 48.5 Å². The Bertz CT molecular complexity index is 728. The van der Waals surface area contributed by atoms with Gasteiger partial charge < -0.3 is 14.8 Å². The fourth-order valence-electron chi connectivity index (χ4n) is 3.28. The van der Waals surface area contributed by atoms with E-state index in [2.05, 4.69) is 10.2 Å². The molecule has 2 aromatic carbocycles. The van der Waals surface area contributed by atoms with E-state index in [9.17, 15) is 9.18 Å². The summed E-state index contributed by atoms with van der Waals surface area (Å²) in [6.07, 6.45) is 2.35. The minimum absolute atomic E-state index is 0.0963. The molecular formula is C21H25FN2O3. The molecule has 2 aromatic rings. The molecule has 1 atom stereocenters. The predicted molar refractivity (Wildman–Crippen MR) is 101 cm³/mol. The van der Waals surface area contributed by atoms with Gasteiger partial charge in [-0.2, -0.15) is 0 Å². The maximum absolute atomic E-state index is 12.9. The van der Waals surface area contributed by atoms with Crippen LogP contribution in [0.3, 0.4) is 0 Å². The number of amides is 1. The number of nitrogens with zero attached hydrogens (tertiary/aromatic N) is 1. The SMILES string of the molecule is COc1ccc(C(CNC(=O)COc2ccc(F)cc2)N2CCCC2)cc1. The lowest BCUT2D eigenvalue weighted by Crippen LogP contribution is -2.38. The van der Waals surface area contributed by atoms with Crippen molar-refractivity contribution in [1.82, 2.24) is 10.2 Å². The van der Waals surface area contributed by atoms with E-state index >= 15 is 0 Å². The number of ether oxygens (including phenoxy) is 2. The molecular weight excluding hydrogens is 347 g/mol. The number of methoxy groups -OCH3 is 1. The lowest BCUT2D eigenvalue weighted by atomic mass is 10.1. The predicted octanol–water partition coefficient (Wildman–Crippen LogP) is 3.17. The van der Waals surface area contributed by atoms with Gasteiger partial charge >= 0.3 is 0 Å². The van der Waals surface area contributed by atoms with E-state index in [0.717, 1.165) is 24.4 Å². The summed E-state index contributed by atoms with van der Waals surface area (Å²) in [5.41, 5.74) is 1.15. The first-order chi connectivity index (χ1) is 13.2. The largest absolute Gasteiger partial charge is 0.497 e. The van der Waals surface area contributed by atoms with Gasteiger partial charge in [0.2, 0.25) is 0 Å². The molecule has 0 spiro atoms. The van der Waals surface area contributed by atoms with Crippen molar-refractivity contribution < 1.29 is 18.7 Å². The minimum Gasteiger partial charge on any atom is -0.497 e. The van der Waals surface area contributed by atoms with Gasteiger partial charge in [0.1, 0.15) is 17.3 Å². The van der Waals surface area contributed by atoms with Gasteiger partial charge in [0.15, 0.2) is 6.61 Å². The molecule has 1 aliphatic heterocycles. The van der Waals surface area contributed by atoms with E-state index in [-0.39, 0.29) is 24.4 Å². The summed E-state index contributed by atoms with van der Waals surface area (Å²) in [5, 5.41) is 2.96. The molecule has 1 amide bonds. The number of halogens is 1. The Morgan fingerprint density at radius 2 is 1.70 bits per heavy atom. The first kappa shape index (κ1) is 19.2. The monoisotopic (exact) mass is 372 g/mol. The van der Waals surface area contributed by atoms with Crippen LogP contribution in [0.1, 0.15) is 24.4 Å². The molecule has 1 unspecified atom stereocenters. The summed E-state index contributed by atoms with van der Waals surface area (Å²) in [6, 6.07) is 13.7. The highest BCUT2D eigenvalue weighted by Gasteiger charge is 2.24. The maximum atomic E-state index is 12.9. The van der Waals surface area contributed by atoms with Gasteiger partial charge in [-0.15, -0.1) is 0 Å². The number of likely N-dealkylation sites (tertiary alicyclic amines) is 1. The minimum atomic E-state index is -0.334. The summed E-state index contributed by atoms with van der Waals surface area (Å²) >= 11 is 0. The second-order valence-corrected chi connectivity index (χ2v) is 6.58. The first-order valence-electron chi connectivity index (χ1n) is 9.19. The Morgan fingerprint density at radius 3 is 2.33 bits per heavy atom. The molecule has 0 radical (unpaired) electrons. The van der Waals surface area contributed by atoms with E-state index in [1.807, 2.05) is 24.3 Å². The fraction of sp³-hybridized carbons (Fsp3) is 0.381. The Labute approximate surface area is 159 Å². The van der Waals surface area contributed by atoms with Crippen molar-refractivity contribution in [2.45, 2.75) is 18.9 Å². The van der Waals surface area contributed by atoms with Crippen molar-refractivity contribution in [2.75, 3.05) is 33.4 Å². The van der Waals surface area contributed by atoms with Crippen LogP contribution >= 0.6 is 0 Å². The third-order valence-corrected chi connectivity index (χ3v) is 4.76. The number of nitrogens with one attached hydrogen (secondary N) is 1. The molecule has 0 saturated carbocycles. The number of hydrogen-bond donors (Lipinski definition) is 1. The van der Waals surface area contributed by atoms with Gasteiger partial charge in [0.05, 0.1) is 13.2 Å². The number of carbonyl (C=O) groups is 1. The van der Waals surface area contributed by atoms with Gasteiger partial charge in [-0.05, 0) is 67.9 Å². The molecule has 1 fully saturated rings. The summed E-state index contributed by atoms with van der Waals surface area (Å²) in [6.45, 7) is 2.47. The Kier molecular flexibility index (Phi) is 6.65. The number of hydrogen-bond acceptors (Lipinski definition) is 4. The zero-order chi connectivity index (χ0) is 19.1. The molecule has 5 nitrogen and oxygen atoms in total. The Balaban J connectivity index is 1.56. The van der Waals surface area contributed by atoms with Gasteiger partial charge in [-0.25, -0.2) is 4.39 Å². The fourth-order valence-corrected chi connectivity index (χ4v) is 3.28. The second-order valence-electron chi connectivity index (χ2n) is 6.58. The number of carbonyl (C=O) groups excluding carboxylic acids is 1. The van der Waals surface area contributed by atoms with Crippen LogP contribution in [-0.2, 0) is 4.79 Å². The highest BCUT2D eigenvalue weighted by Crippen LogP contribution is 2.26. The van der Waals surface area contributed by atoms with Crippen LogP contribution in [0.5, 0.6) is 11.5 Å². The quantitative estimate of drug-likeness (QED) is 0.773. The maximum Gasteiger partial charge on any atom is 0.258 e. The van der Waals surface area contributed by atoms with Crippen molar-refractivity contribution >= 4 is 5.91 Å².